The molecule has 6 nitrogen and oxygen atoms in total. The lowest BCUT2D eigenvalue weighted by Crippen LogP contribution is -2.48. The van der Waals surface area contributed by atoms with Gasteiger partial charge < -0.3 is 9.47 Å². The predicted molar refractivity (Wildman–Crippen MR) is 73.1 cm³/mol. The molecule has 2 saturated heterocycles. The van der Waals surface area contributed by atoms with Crippen molar-refractivity contribution in [1.29, 1.82) is 0 Å². The third-order valence-electron chi connectivity index (χ3n) is 7.30. The molecule has 122 valence electrons. The molecule has 0 radical (unpaired) electrons. The van der Waals surface area contributed by atoms with Crippen LogP contribution in [0.4, 0.5) is 0 Å². The molecule has 9 atom stereocenters. The van der Waals surface area contributed by atoms with Gasteiger partial charge in [-0.25, -0.2) is 0 Å². The summed E-state index contributed by atoms with van der Waals surface area (Å²) in [4.78, 5) is 48.3. The maximum absolute atomic E-state index is 12.1. The average Bonchev–Trinajstić information content (AvgIpc) is 3.21. The Morgan fingerprint density at radius 1 is 0.783 bits per heavy atom. The van der Waals surface area contributed by atoms with Gasteiger partial charge in [0.2, 0.25) is 0 Å². The smallest absolute Gasteiger partial charge is 0.317 e. The lowest BCUT2D eigenvalue weighted by Gasteiger charge is -2.46. The van der Waals surface area contributed by atoms with E-state index in [4.69, 9.17) is 9.47 Å². The number of cyclic esters (lactones) is 4. The molecule has 6 heteroatoms. The molecule has 3 aliphatic carbocycles. The molecule has 3 saturated carbocycles. The quantitative estimate of drug-likeness (QED) is 0.528. The average molecular weight is 318 g/mol. The summed E-state index contributed by atoms with van der Waals surface area (Å²) in [5, 5.41) is 0. The number of rotatable bonds is 1. The highest BCUT2D eigenvalue weighted by Gasteiger charge is 2.71. The van der Waals surface area contributed by atoms with Gasteiger partial charge >= 0.3 is 23.9 Å². The molecule has 2 heterocycles. The van der Waals surface area contributed by atoms with Crippen LogP contribution in [-0.2, 0) is 28.7 Å². The Balaban J connectivity index is 1.56. The third kappa shape index (κ3) is 1.45. The minimum Gasteiger partial charge on any atom is -0.393 e. The Morgan fingerprint density at radius 2 is 1.39 bits per heavy atom. The minimum absolute atomic E-state index is 0.0668. The normalized spacial score (nSPS) is 53.0. The van der Waals surface area contributed by atoms with E-state index in [1.807, 2.05) is 6.92 Å². The maximum Gasteiger partial charge on any atom is 0.317 e. The lowest BCUT2D eigenvalue weighted by atomic mass is 9.54. The zero-order valence-electron chi connectivity index (χ0n) is 12.8. The highest BCUT2D eigenvalue weighted by Crippen LogP contribution is 2.67. The van der Waals surface area contributed by atoms with Crippen molar-refractivity contribution in [1.82, 2.24) is 0 Å². The highest BCUT2D eigenvalue weighted by molar-refractivity contribution is 5.98. The summed E-state index contributed by atoms with van der Waals surface area (Å²) in [6.45, 7) is 2.03. The van der Waals surface area contributed by atoms with Gasteiger partial charge in [-0.05, 0) is 42.4 Å². The van der Waals surface area contributed by atoms with Crippen LogP contribution < -0.4 is 0 Å². The van der Waals surface area contributed by atoms with E-state index < -0.39 is 11.9 Å². The molecule has 0 N–H and O–H groups in total. The molecular weight excluding hydrogens is 300 g/mol. The van der Waals surface area contributed by atoms with Gasteiger partial charge in [0.05, 0.1) is 23.7 Å². The zero-order valence-corrected chi connectivity index (χ0v) is 12.8. The Hall–Kier alpha value is -1.72. The fraction of sp³-hybridized carbons (Fsp3) is 0.765. The second-order valence-corrected chi connectivity index (χ2v) is 7.78. The second kappa shape index (κ2) is 4.22. The van der Waals surface area contributed by atoms with Crippen molar-refractivity contribution >= 4 is 23.9 Å². The minimum atomic E-state index is -0.402. The van der Waals surface area contributed by atoms with Crippen LogP contribution in [0.5, 0.6) is 0 Å². The molecule has 5 aliphatic rings. The van der Waals surface area contributed by atoms with E-state index in [-0.39, 0.29) is 65.2 Å². The molecule has 2 unspecified atom stereocenters. The zero-order chi connectivity index (χ0) is 16.0. The molecule has 0 aromatic rings. The summed E-state index contributed by atoms with van der Waals surface area (Å²) in [6, 6.07) is 0. The van der Waals surface area contributed by atoms with E-state index in [1.165, 1.54) is 0 Å². The van der Waals surface area contributed by atoms with E-state index in [9.17, 15) is 19.2 Å². The molecule has 2 bridgehead atoms. The van der Waals surface area contributed by atoms with Crippen LogP contribution in [0.1, 0.15) is 26.2 Å². The summed E-state index contributed by atoms with van der Waals surface area (Å²) in [7, 11) is 0. The third-order valence-corrected chi connectivity index (χ3v) is 7.30. The van der Waals surface area contributed by atoms with Crippen LogP contribution >= 0.6 is 0 Å². The SMILES string of the molecule is CC[C@@H]1C2C(C[C@@H]3C(=O)OC(=O)[C@@H]31)[C@@H]1C[C@H]2[C@H]2C(=O)OC(=O)[C@H]21. The van der Waals surface area contributed by atoms with Crippen LogP contribution in [0.15, 0.2) is 0 Å². The van der Waals surface area contributed by atoms with Crippen molar-refractivity contribution in [3.8, 4) is 0 Å². The Labute approximate surface area is 132 Å². The Morgan fingerprint density at radius 3 is 2.09 bits per heavy atom. The van der Waals surface area contributed by atoms with E-state index >= 15 is 0 Å². The Kier molecular flexibility index (Phi) is 2.51. The van der Waals surface area contributed by atoms with Crippen molar-refractivity contribution in [3.63, 3.8) is 0 Å². The number of hydrogen-bond acceptors (Lipinski definition) is 6. The van der Waals surface area contributed by atoms with E-state index in [0.717, 1.165) is 12.8 Å². The molecule has 0 aromatic carbocycles. The topological polar surface area (TPSA) is 86.7 Å². The van der Waals surface area contributed by atoms with Crippen LogP contribution in [0.25, 0.3) is 0 Å². The fourth-order valence-corrected chi connectivity index (χ4v) is 6.75. The molecule has 0 amide bonds. The summed E-state index contributed by atoms with van der Waals surface area (Å²) in [5.74, 6) is -2.18. The molecule has 0 spiro atoms. The summed E-state index contributed by atoms with van der Waals surface area (Å²) < 4.78 is 9.78. The van der Waals surface area contributed by atoms with E-state index in [0.29, 0.717) is 6.42 Å². The van der Waals surface area contributed by atoms with Gasteiger partial charge in [0.1, 0.15) is 0 Å². The van der Waals surface area contributed by atoms with Crippen molar-refractivity contribution in [3.05, 3.63) is 0 Å². The van der Waals surface area contributed by atoms with Gasteiger partial charge in [-0.1, -0.05) is 13.3 Å². The number of carbonyl (C=O) groups excluding carboxylic acids is 4. The van der Waals surface area contributed by atoms with Crippen LogP contribution in [0.3, 0.4) is 0 Å². The molecule has 23 heavy (non-hydrogen) atoms. The van der Waals surface area contributed by atoms with Crippen molar-refractivity contribution in [2.75, 3.05) is 0 Å². The van der Waals surface area contributed by atoms with Crippen LogP contribution in [0, 0.1) is 53.3 Å². The summed E-state index contributed by atoms with van der Waals surface area (Å²) in [5.41, 5.74) is 0. The molecule has 5 rings (SSSR count). The first-order valence-corrected chi connectivity index (χ1v) is 8.54. The van der Waals surface area contributed by atoms with E-state index in [2.05, 4.69) is 0 Å². The fourth-order valence-electron chi connectivity index (χ4n) is 6.75. The number of hydrogen-bond donors (Lipinski definition) is 0. The number of ether oxygens (including phenoxy) is 2. The molecule has 0 aromatic heterocycles. The van der Waals surface area contributed by atoms with Gasteiger partial charge in [-0.15, -0.1) is 0 Å². The van der Waals surface area contributed by atoms with Gasteiger partial charge in [0.15, 0.2) is 0 Å². The number of fused-ring (bicyclic) bond motifs is 9. The standard InChI is InChI=1S/C17H18O6/c1-2-5-10-6(4-9-11(5)15(19)22-14(9)18)7-3-8(10)13-12(7)16(20)23-17(13)21/h5-13H,2-4H2,1H3/t5-,6?,7+,8-,9+,10?,11-,12+,13-/m1/s1. The number of esters is 4. The molecular formula is C17H18O6. The maximum atomic E-state index is 12.1. The number of carbonyl (C=O) groups is 4. The monoisotopic (exact) mass is 318 g/mol. The van der Waals surface area contributed by atoms with Crippen molar-refractivity contribution < 1.29 is 28.7 Å². The van der Waals surface area contributed by atoms with Gasteiger partial charge in [0.25, 0.3) is 0 Å². The first-order chi connectivity index (χ1) is 11.0. The summed E-state index contributed by atoms with van der Waals surface area (Å²) >= 11 is 0. The lowest BCUT2D eigenvalue weighted by molar-refractivity contribution is -0.155. The predicted octanol–water partition coefficient (Wildman–Crippen LogP) is 0.930. The van der Waals surface area contributed by atoms with Crippen LogP contribution in [-0.4, -0.2) is 23.9 Å². The molecule has 5 fully saturated rings. The second-order valence-electron chi connectivity index (χ2n) is 7.78. The van der Waals surface area contributed by atoms with Crippen LogP contribution in [0.2, 0.25) is 0 Å². The highest BCUT2D eigenvalue weighted by atomic mass is 16.6. The van der Waals surface area contributed by atoms with Gasteiger partial charge in [-0.2, -0.15) is 0 Å². The Bertz CT molecular complexity index is 653. The van der Waals surface area contributed by atoms with Crippen molar-refractivity contribution in [2.45, 2.75) is 26.2 Å². The first kappa shape index (κ1) is 13.7. The van der Waals surface area contributed by atoms with Crippen molar-refractivity contribution in [2.24, 2.45) is 53.3 Å². The largest absolute Gasteiger partial charge is 0.393 e. The van der Waals surface area contributed by atoms with E-state index in [1.54, 1.807) is 0 Å². The summed E-state index contributed by atoms with van der Waals surface area (Å²) in [6.07, 6.45) is 2.25. The first-order valence-electron chi connectivity index (χ1n) is 8.54. The molecule has 2 aliphatic heterocycles. The van der Waals surface area contributed by atoms with Gasteiger partial charge in [0, 0.05) is 0 Å². The van der Waals surface area contributed by atoms with Gasteiger partial charge in [-0.3, -0.25) is 19.2 Å².